The SMILES string of the molecule is CC[C@@H]1NC(=O)[C@H](CCCN=C(N)N)NC(=O)[C@](C)(NC(=O)C(C)C)CCCC=NC(=O)[C@@H](c2ccccc2)NC1=O. The Kier molecular flexibility index (Phi) is 13.1. The van der Waals surface area contributed by atoms with Gasteiger partial charge in [-0.2, -0.15) is 0 Å². The number of nitrogens with zero attached hydrogens (tertiary/aromatic N) is 2. The Labute approximate surface area is 246 Å². The molecule has 0 aliphatic carbocycles. The van der Waals surface area contributed by atoms with Gasteiger partial charge < -0.3 is 32.7 Å². The minimum Gasteiger partial charge on any atom is -0.370 e. The first-order valence-corrected chi connectivity index (χ1v) is 14.3. The van der Waals surface area contributed by atoms with Gasteiger partial charge in [-0.05, 0) is 51.0 Å². The highest BCUT2D eigenvalue weighted by Gasteiger charge is 2.38. The first kappa shape index (κ1) is 33.9. The van der Waals surface area contributed by atoms with E-state index in [9.17, 15) is 24.0 Å². The summed E-state index contributed by atoms with van der Waals surface area (Å²) in [7, 11) is 0. The minimum absolute atomic E-state index is 0.0979. The largest absolute Gasteiger partial charge is 0.370 e. The van der Waals surface area contributed by atoms with Gasteiger partial charge >= 0.3 is 0 Å². The summed E-state index contributed by atoms with van der Waals surface area (Å²) < 4.78 is 0. The van der Waals surface area contributed by atoms with Gasteiger partial charge in [-0.15, -0.1) is 0 Å². The Morgan fingerprint density at radius 3 is 2.36 bits per heavy atom. The van der Waals surface area contributed by atoms with Crippen molar-refractivity contribution >= 4 is 41.7 Å². The predicted octanol–water partition coefficient (Wildman–Crippen LogP) is 0.589. The second-order valence-electron chi connectivity index (χ2n) is 10.8. The van der Waals surface area contributed by atoms with Crippen molar-refractivity contribution in [3.8, 4) is 0 Å². The van der Waals surface area contributed by atoms with E-state index in [1.54, 1.807) is 58.0 Å². The number of guanidine groups is 1. The van der Waals surface area contributed by atoms with Gasteiger partial charge in [-0.1, -0.05) is 51.1 Å². The fraction of sp³-hybridized carbons (Fsp3) is 0.552. The van der Waals surface area contributed by atoms with Crippen LogP contribution in [0, 0.1) is 5.92 Å². The highest BCUT2D eigenvalue weighted by atomic mass is 16.2. The van der Waals surface area contributed by atoms with Crippen LogP contribution in [0.5, 0.6) is 0 Å². The second kappa shape index (κ2) is 16.2. The van der Waals surface area contributed by atoms with Crippen LogP contribution in [0.2, 0.25) is 0 Å². The molecule has 8 N–H and O–H groups in total. The summed E-state index contributed by atoms with van der Waals surface area (Å²) in [5.74, 6) is -3.11. The van der Waals surface area contributed by atoms with Crippen molar-refractivity contribution in [2.75, 3.05) is 6.54 Å². The van der Waals surface area contributed by atoms with Gasteiger partial charge in [0, 0.05) is 18.7 Å². The topological polar surface area (TPSA) is 210 Å². The fourth-order valence-corrected chi connectivity index (χ4v) is 4.32. The van der Waals surface area contributed by atoms with Crippen molar-refractivity contribution in [2.45, 2.75) is 89.9 Å². The van der Waals surface area contributed by atoms with E-state index in [4.69, 9.17) is 11.5 Å². The fourth-order valence-electron chi connectivity index (χ4n) is 4.32. The summed E-state index contributed by atoms with van der Waals surface area (Å²) in [6, 6.07) is 5.60. The summed E-state index contributed by atoms with van der Waals surface area (Å²) >= 11 is 0. The molecule has 0 saturated carbocycles. The molecule has 0 aromatic heterocycles. The van der Waals surface area contributed by atoms with Gasteiger partial charge in [0.15, 0.2) is 5.96 Å². The van der Waals surface area contributed by atoms with E-state index in [1.807, 2.05) is 0 Å². The average molecular weight is 585 g/mol. The molecule has 1 aliphatic heterocycles. The Bertz CT molecular complexity index is 1170. The lowest BCUT2D eigenvalue weighted by Gasteiger charge is -2.32. The van der Waals surface area contributed by atoms with E-state index in [1.165, 1.54) is 6.21 Å². The maximum Gasteiger partial charge on any atom is 0.272 e. The number of hydrogen-bond donors (Lipinski definition) is 6. The molecular weight excluding hydrogens is 540 g/mol. The van der Waals surface area contributed by atoms with Crippen LogP contribution in [0.15, 0.2) is 40.3 Å². The number of nitrogens with one attached hydrogen (secondary N) is 4. The molecule has 0 unspecified atom stereocenters. The monoisotopic (exact) mass is 584 g/mol. The summed E-state index contributed by atoms with van der Waals surface area (Å²) in [5.41, 5.74) is 10.0. The standard InChI is InChI=1S/C29H44N8O5/c1-5-20-24(39)36-22(19-12-7-6-8-13-19)26(41)32-16-10-9-15-29(4,37-23(38)18(2)3)27(42)35-21(25(40)34-20)14-11-17-33-28(30)31/h6-8,12-13,16,18,20-22H,5,9-11,14-15,17H2,1-4H3,(H,34,40)(H,35,42)(H,36,39)(H,37,38)(H4,30,31,33)/t20-,21-,22+,29+/m0/s1. The number of aliphatic imine (C=N–C) groups is 2. The van der Waals surface area contributed by atoms with Gasteiger partial charge in [0.2, 0.25) is 23.6 Å². The van der Waals surface area contributed by atoms with E-state index >= 15 is 0 Å². The molecule has 5 amide bonds. The molecule has 1 aromatic rings. The third-order valence-corrected chi connectivity index (χ3v) is 6.93. The minimum atomic E-state index is -1.36. The molecule has 0 spiro atoms. The Balaban J connectivity index is 2.46. The van der Waals surface area contributed by atoms with E-state index in [-0.39, 0.29) is 43.6 Å². The predicted molar refractivity (Wildman–Crippen MR) is 160 cm³/mol. The Hall–Kier alpha value is -4.29. The second-order valence-corrected chi connectivity index (χ2v) is 10.8. The zero-order chi connectivity index (χ0) is 31.3. The molecule has 1 aliphatic rings. The van der Waals surface area contributed by atoms with Crippen molar-refractivity contribution < 1.29 is 24.0 Å². The van der Waals surface area contributed by atoms with Crippen LogP contribution in [0.3, 0.4) is 0 Å². The molecule has 0 saturated heterocycles. The van der Waals surface area contributed by atoms with E-state index < -0.39 is 47.3 Å². The average Bonchev–Trinajstić information content (AvgIpc) is 2.95. The molecule has 0 bridgehead atoms. The van der Waals surface area contributed by atoms with Crippen LogP contribution < -0.4 is 32.7 Å². The number of amides is 5. The molecule has 2 rings (SSSR count). The summed E-state index contributed by atoms with van der Waals surface area (Å²) in [5, 5.41) is 11.0. The van der Waals surface area contributed by atoms with Crippen LogP contribution in [0.25, 0.3) is 0 Å². The highest BCUT2D eigenvalue weighted by Crippen LogP contribution is 2.18. The lowest BCUT2D eigenvalue weighted by atomic mass is 9.92. The van der Waals surface area contributed by atoms with Crippen molar-refractivity contribution in [1.82, 2.24) is 21.3 Å². The number of rotatable bonds is 8. The Morgan fingerprint density at radius 1 is 1.07 bits per heavy atom. The Morgan fingerprint density at radius 2 is 1.74 bits per heavy atom. The molecular formula is C29H44N8O5. The molecule has 230 valence electrons. The van der Waals surface area contributed by atoms with Crippen molar-refractivity contribution in [3.63, 3.8) is 0 Å². The molecule has 13 heteroatoms. The lowest BCUT2D eigenvalue weighted by Crippen LogP contribution is -2.62. The maximum atomic E-state index is 13.6. The summed E-state index contributed by atoms with van der Waals surface area (Å²) in [6.07, 6.45) is 3.14. The quantitative estimate of drug-likeness (QED) is 0.145. The molecule has 42 heavy (non-hydrogen) atoms. The van der Waals surface area contributed by atoms with Crippen LogP contribution in [0.4, 0.5) is 0 Å². The maximum absolute atomic E-state index is 13.6. The molecule has 0 fully saturated rings. The summed E-state index contributed by atoms with van der Waals surface area (Å²) in [4.78, 5) is 74.1. The normalized spacial score (nSPS) is 24.4. The van der Waals surface area contributed by atoms with Crippen LogP contribution in [0.1, 0.15) is 77.8 Å². The number of benzene rings is 1. The van der Waals surface area contributed by atoms with Crippen molar-refractivity contribution in [1.29, 1.82) is 0 Å². The lowest BCUT2D eigenvalue weighted by molar-refractivity contribution is -0.137. The molecule has 4 atom stereocenters. The molecule has 1 heterocycles. The zero-order valence-corrected chi connectivity index (χ0v) is 24.8. The zero-order valence-electron chi connectivity index (χ0n) is 24.8. The van der Waals surface area contributed by atoms with Gasteiger partial charge in [0.25, 0.3) is 5.91 Å². The number of hydrogen-bond acceptors (Lipinski definition) is 6. The van der Waals surface area contributed by atoms with Crippen molar-refractivity contribution in [2.24, 2.45) is 27.4 Å². The van der Waals surface area contributed by atoms with E-state index in [0.29, 0.717) is 24.8 Å². The first-order valence-electron chi connectivity index (χ1n) is 14.3. The highest BCUT2D eigenvalue weighted by molar-refractivity contribution is 5.98. The molecule has 13 nitrogen and oxygen atoms in total. The molecule has 0 radical (unpaired) electrons. The smallest absolute Gasteiger partial charge is 0.272 e. The third-order valence-electron chi connectivity index (χ3n) is 6.93. The van der Waals surface area contributed by atoms with Gasteiger partial charge in [-0.25, -0.2) is 4.99 Å². The van der Waals surface area contributed by atoms with E-state index in [0.717, 1.165) is 0 Å². The van der Waals surface area contributed by atoms with Gasteiger partial charge in [-0.3, -0.25) is 29.0 Å². The van der Waals surface area contributed by atoms with Gasteiger partial charge in [0.1, 0.15) is 23.7 Å². The van der Waals surface area contributed by atoms with E-state index in [2.05, 4.69) is 31.3 Å². The number of carbonyl (C=O) groups is 5. The summed E-state index contributed by atoms with van der Waals surface area (Å²) in [6.45, 7) is 6.95. The van der Waals surface area contributed by atoms with Crippen LogP contribution in [-0.2, 0) is 24.0 Å². The first-order chi connectivity index (χ1) is 19.9. The number of carbonyl (C=O) groups excluding carboxylic acids is 5. The van der Waals surface area contributed by atoms with Crippen LogP contribution >= 0.6 is 0 Å². The third kappa shape index (κ3) is 10.3. The van der Waals surface area contributed by atoms with Crippen LogP contribution in [-0.4, -0.2) is 65.9 Å². The number of nitrogens with two attached hydrogens (primary N) is 2. The van der Waals surface area contributed by atoms with Gasteiger partial charge in [0.05, 0.1) is 0 Å². The van der Waals surface area contributed by atoms with Crippen molar-refractivity contribution in [3.05, 3.63) is 35.9 Å². The molecule has 1 aromatic carbocycles.